The van der Waals surface area contributed by atoms with Gasteiger partial charge < -0.3 is 4.74 Å². The minimum absolute atomic E-state index is 0.148. The van der Waals surface area contributed by atoms with Crippen molar-refractivity contribution in [2.75, 3.05) is 11.9 Å². The monoisotopic (exact) mass is 344 g/mol. The average molecular weight is 345 g/mol. The van der Waals surface area contributed by atoms with Crippen LogP contribution in [0.2, 0.25) is 10.0 Å². The highest BCUT2D eigenvalue weighted by Gasteiger charge is 2.15. The van der Waals surface area contributed by atoms with E-state index in [1.807, 2.05) is 0 Å². The molecular formula is C13H10Cl2N2O3S. The normalized spacial score (nSPS) is 10.2. The van der Waals surface area contributed by atoms with E-state index in [-0.39, 0.29) is 28.0 Å². The Morgan fingerprint density at radius 3 is 2.86 bits per heavy atom. The summed E-state index contributed by atoms with van der Waals surface area (Å²) in [6, 6.07) is 4.58. The van der Waals surface area contributed by atoms with Crippen LogP contribution in [0.1, 0.15) is 27.8 Å². The molecule has 0 radical (unpaired) electrons. The highest BCUT2D eigenvalue weighted by Crippen LogP contribution is 2.23. The van der Waals surface area contributed by atoms with Gasteiger partial charge in [0.25, 0.3) is 5.91 Å². The van der Waals surface area contributed by atoms with E-state index >= 15 is 0 Å². The van der Waals surface area contributed by atoms with Crippen LogP contribution < -0.4 is 5.32 Å². The average Bonchev–Trinajstić information content (AvgIpc) is 2.90. The van der Waals surface area contributed by atoms with Gasteiger partial charge in [0.15, 0.2) is 10.8 Å². The number of anilines is 1. The molecule has 0 unspecified atom stereocenters. The fraction of sp³-hybridized carbons (Fsp3) is 0.154. The fourth-order valence-electron chi connectivity index (χ4n) is 1.47. The number of hydrogen-bond acceptors (Lipinski definition) is 5. The molecule has 0 saturated heterocycles. The zero-order valence-electron chi connectivity index (χ0n) is 10.9. The van der Waals surface area contributed by atoms with Crippen LogP contribution in [0.15, 0.2) is 23.6 Å². The number of nitrogens with one attached hydrogen (secondary N) is 1. The molecule has 1 amide bonds. The quantitative estimate of drug-likeness (QED) is 0.854. The van der Waals surface area contributed by atoms with Gasteiger partial charge in [-0.1, -0.05) is 23.2 Å². The number of halogens is 2. The van der Waals surface area contributed by atoms with E-state index in [9.17, 15) is 9.59 Å². The Labute approximate surface area is 134 Å². The zero-order chi connectivity index (χ0) is 15.4. The van der Waals surface area contributed by atoms with E-state index < -0.39 is 11.9 Å². The number of benzene rings is 1. The molecule has 2 rings (SSSR count). The molecule has 0 aliphatic carbocycles. The van der Waals surface area contributed by atoms with Crippen LogP contribution in [0.25, 0.3) is 0 Å². The molecule has 110 valence electrons. The molecule has 5 nitrogen and oxygen atoms in total. The highest BCUT2D eigenvalue weighted by atomic mass is 35.5. The smallest absolute Gasteiger partial charge is 0.357 e. The SMILES string of the molecule is CCOC(=O)c1csc(NC(=O)c2cc(Cl)ccc2Cl)n1. The van der Waals surface area contributed by atoms with Crippen molar-refractivity contribution in [3.63, 3.8) is 0 Å². The molecule has 0 aliphatic rings. The Bertz CT molecular complexity index is 688. The maximum Gasteiger partial charge on any atom is 0.357 e. The van der Waals surface area contributed by atoms with Crippen molar-refractivity contribution in [1.82, 2.24) is 4.98 Å². The van der Waals surface area contributed by atoms with Crippen LogP contribution in [0.3, 0.4) is 0 Å². The lowest BCUT2D eigenvalue weighted by atomic mass is 10.2. The van der Waals surface area contributed by atoms with Gasteiger partial charge in [0.2, 0.25) is 0 Å². The molecule has 1 aromatic heterocycles. The third-order valence-electron chi connectivity index (χ3n) is 2.38. The van der Waals surface area contributed by atoms with Crippen molar-refractivity contribution >= 4 is 51.5 Å². The summed E-state index contributed by atoms with van der Waals surface area (Å²) in [5.41, 5.74) is 0.381. The van der Waals surface area contributed by atoms with E-state index in [1.54, 1.807) is 13.0 Å². The molecule has 2 aromatic rings. The van der Waals surface area contributed by atoms with Crippen molar-refractivity contribution in [3.05, 3.63) is 44.9 Å². The zero-order valence-corrected chi connectivity index (χ0v) is 13.2. The first-order valence-corrected chi connectivity index (χ1v) is 7.54. The maximum absolute atomic E-state index is 12.1. The van der Waals surface area contributed by atoms with Crippen LogP contribution >= 0.6 is 34.5 Å². The molecule has 1 N–H and O–H groups in total. The molecular weight excluding hydrogens is 335 g/mol. The van der Waals surface area contributed by atoms with E-state index in [4.69, 9.17) is 27.9 Å². The summed E-state index contributed by atoms with van der Waals surface area (Å²) >= 11 is 12.9. The minimum atomic E-state index is -0.532. The molecule has 1 heterocycles. The van der Waals surface area contributed by atoms with Gasteiger partial charge in [0.05, 0.1) is 17.2 Å². The van der Waals surface area contributed by atoms with Gasteiger partial charge >= 0.3 is 5.97 Å². The van der Waals surface area contributed by atoms with Crippen LogP contribution in [0.4, 0.5) is 5.13 Å². The van der Waals surface area contributed by atoms with Crippen molar-refractivity contribution in [3.8, 4) is 0 Å². The summed E-state index contributed by atoms with van der Waals surface area (Å²) in [5.74, 6) is -0.984. The van der Waals surface area contributed by atoms with E-state index in [0.29, 0.717) is 5.02 Å². The van der Waals surface area contributed by atoms with Crippen molar-refractivity contribution in [2.24, 2.45) is 0 Å². The molecule has 0 saturated carbocycles. The largest absolute Gasteiger partial charge is 0.461 e. The first kappa shape index (κ1) is 15.8. The van der Waals surface area contributed by atoms with E-state index in [0.717, 1.165) is 11.3 Å². The van der Waals surface area contributed by atoms with Gasteiger partial charge in [-0.15, -0.1) is 11.3 Å². The predicted octanol–water partition coefficient (Wildman–Crippen LogP) is 3.88. The van der Waals surface area contributed by atoms with Gasteiger partial charge in [0, 0.05) is 10.4 Å². The Morgan fingerprint density at radius 1 is 1.38 bits per heavy atom. The van der Waals surface area contributed by atoms with Gasteiger partial charge in [-0.2, -0.15) is 0 Å². The Hall–Kier alpha value is -1.63. The second kappa shape index (κ2) is 6.89. The molecule has 8 heteroatoms. The fourth-order valence-corrected chi connectivity index (χ4v) is 2.52. The summed E-state index contributed by atoms with van der Waals surface area (Å²) in [5, 5.41) is 5.02. The van der Waals surface area contributed by atoms with Crippen molar-refractivity contribution in [1.29, 1.82) is 0 Å². The van der Waals surface area contributed by atoms with Crippen LogP contribution in [-0.2, 0) is 4.74 Å². The third-order valence-corrected chi connectivity index (χ3v) is 3.70. The van der Waals surface area contributed by atoms with Crippen LogP contribution in [0.5, 0.6) is 0 Å². The topological polar surface area (TPSA) is 68.3 Å². The summed E-state index contributed by atoms with van der Waals surface area (Å²) in [6.45, 7) is 1.96. The van der Waals surface area contributed by atoms with Crippen LogP contribution in [-0.4, -0.2) is 23.5 Å². The Balaban J connectivity index is 2.13. The van der Waals surface area contributed by atoms with Crippen molar-refractivity contribution < 1.29 is 14.3 Å². The lowest BCUT2D eigenvalue weighted by molar-refractivity contribution is 0.0520. The number of carbonyl (C=O) groups excluding carboxylic acids is 2. The predicted molar refractivity (Wildman–Crippen MR) is 82.5 cm³/mol. The number of aromatic nitrogens is 1. The summed E-state index contributed by atoms with van der Waals surface area (Å²) in [7, 11) is 0. The molecule has 0 fully saturated rings. The third kappa shape index (κ3) is 3.93. The summed E-state index contributed by atoms with van der Waals surface area (Å²) in [6.07, 6.45) is 0. The summed E-state index contributed by atoms with van der Waals surface area (Å²) in [4.78, 5) is 27.6. The highest BCUT2D eigenvalue weighted by molar-refractivity contribution is 7.14. The number of thiazole rings is 1. The molecule has 0 aliphatic heterocycles. The Kier molecular flexibility index (Phi) is 5.17. The number of nitrogens with zero attached hydrogens (tertiary/aromatic N) is 1. The van der Waals surface area contributed by atoms with Gasteiger partial charge in [0.1, 0.15) is 0 Å². The van der Waals surface area contributed by atoms with Crippen LogP contribution in [0, 0.1) is 0 Å². The van der Waals surface area contributed by atoms with E-state index in [2.05, 4.69) is 10.3 Å². The lowest BCUT2D eigenvalue weighted by Gasteiger charge is -2.04. The van der Waals surface area contributed by atoms with E-state index in [1.165, 1.54) is 17.5 Å². The first-order valence-electron chi connectivity index (χ1n) is 5.90. The van der Waals surface area contributed by atoms with Gasteiger partial charge in [-0.05, 0) is 25.1 Å². The molecule has 0 bridgehead atoms. The van der Waals surface area contributed by atoms with Gasteiger partial charge in [-0.3, -0.25) is 10.1 Å². The molecule has 0 atom stereocenters. The number of esters is 1. The molecule has 1 aromatic carbocycles. The Morgan fingerprint density at radius 2 is 2.14 bits per heavy atom. The maximum atomic E-state index is 12.1. The molecule has 0 spiro atoms. The second-order valence-corrected chi connectivity index (χ2v) is 5.54. The first-order chi connectivity index (χ1) is 10.0. The molecule has 21 heavy (non-hydrogen) atoms. The van der Waals surface area contributed by atoms with Gasteiger partial charge in [-0.25, -0.2) is 9.78 Å². The number of hydrogen-bond donors (Lipinski definition) is 1. The number of amides is 1. The summed E-state index contributed by atoms with van der Waals surface area (Å²) < 4.78 is 4.82. The number of rotatable bonds is 4. The van der Waals surface area contributed by atoms with Crippen molar-refractivity contribution in [2.45, 2.75) is 6.92 Å². The lowest BCUT2D eigenvalue weighted by Crippen LogP contribution is -2.13. The second-order valence-electron chi connectivity index (χ2n) is 3.84. The number of ether oxygens (including phenoxy) is 1. The minimum Gasteiger partial charge on any atom is -0.461 e. The standard InChI is InChI=1S/C13H10Cl2N2O3S/c1-2-20-12(19)10-6-21-13(16-10)17-11(18)8-5-7(14)3-4-9(8)15/h3-6H,2H2,1H3,(H,16,17,18). The number of carbonyl (C=O) groups is 2.